The number of likely N-dealkylation sites (N-methyl/N-ethyl adjacent to an activating group) is 1. The highest BCUT2D eigenvalue weighted by molar-refractivity contribution is 5.78. The van der Waals surface area contributed by atoms with Gasteiger partial charge in [-0.2, -0.15) is 5.10 Å². The number of nitrogens with zero attached hydrogens (tertiary/aromatic N) is 5. The zero-order valence-electron chi connectivity index (χ0n) is 17.7. The molecule has 0 spiro atoms. The number of carbonyl (C=O) groups is 1. The molecule has 2 aliphatic heterocycles. The minimum atomic E-state index is -0.00331. The summed E-state index contributed by atoms with van der Waals surface area (Å²) in [5, 5.41) is 7.73. The van der Waals surface area contributed by atoms with Crippen LogP contribution in [0, 0.1) is 5.92 Å². The van der Waals surface area contributed by atoms with Crippen LogP contribution in [0.2, 0.25) is 0 Å². The smallest absolute Gasteiger partial charge is 0.345 e. The number of rotatable bonds is 7. The number of fused-ring (bicyclic) bond motifs is 1. The molecule has 1 aromatic heterocycles. The van der Waals surface area contributed by atoms with Gasteiger partial charge in [0, 0.05) is 51.7 Å². The van der Waals surface area contributed by atoms with Gasteiger partial charge >= 0.3 is 5.69 Å². The molecule has 2 aliphatic rings. The van der Waals surface area contributed by atoms with Crippen molar-refractivity contribution in [3.05, 3.63) is 16.3 Å². The summed E-state index contributed by atoms with van der Waals surface area (Å²) < 4.78 is 3.42. The van der Waals surface area contributed by atoms with Crippen molar-refractivity contribution in [2.24, 2.45) is 5.92 Å². The molecule has 0 bridgehead atoms. The SMILES string of the molecule is CCN1CCN(CC(=O)NC2CCc3nn(CCC(C)C)c(=O)n3CC2)CC1. The summed E-state index contributed by atoms with van der Waals surface area (Å²) in [6, 6.07) is 0.120. The van der Waals surface area contributed by atoms with Crippen LogP contribution in [-0.2, 0) is 24.3 Å². The number of piperazine rings is 1. The van der Waals surface area contributed by atoms with Crippen molar-refractivity contribution in [3.63, 3.8) is 0 Å². The Morgan fingerprint density at radius 2 is 1.86 bits per heavy atom. The maximum Gasteiger partial charge on any atom is 0.345 e. The first-order valence-corrected chi connectivity index (χ1v) is 10.9. The molecule has 0 saturated carbocycles. The first kappa shape index (κ1) is 21.0. The highest BCUT2D eigenvalue weighted by atomic mass is 16.2. The molecular formula is C20H36N6O2. The van der Waals surface area contributed by atoms with E-state index in [2.05, 4.69) is 41.0 Å². The third-order valence-electron chi connectivity index (χ3n) is 5.98. The zero-order valence-corrected chi connectivity index (χ0v) is 17.7. The van der Waals surface area contributed by atoms with E-state index in [1.54, 1.807) is 9.25 Å². The van der Waals surface area contributed by atoms with Gasteiger partial charge in [0.25, 0.3) is 0 Å². The summed E-state index contributed by atoms with van der Waals surface area (Å²) in [6.07, 6.45) is 3.33. The van der Waals surface area contributed by atoms with Crippen molar-refractivity contribution < 1.29 is 4.79 Å². The molecule has 8 nitrogen and oxygen atoms in total. The van der Waals surface area contributed by atoms with Crippen molar-refractivity contribution in [2.75, 3.05) is 39.3 Å². The van der Waals surface area contributed by atoms with Crippen molar-refractivity contribution in [3.8, 4) is 0 Å². The second kappa shape index (κ2) is 9.69. The molecule has 1 saturated heterocycles. The van der Waals surface area contributed by atoms with E-state index in [0.717, 1.165) is 64.2 Å². The molecule has 3 rings (SSSR count). The van der Waals surface area contributed by atoms with Crippen LogP contribution in [0.15, 0.2) is 4.79 Å². The van der Waals surface area contributed by atoms with Gasteiger partial charge in [0.05, 0.1) is 6.54 Å². The van der Waals surface area contributed by atoms with E-state index < -0.39 is 0 Å². The third kappa shape index (κ3) is 5.44. The maximum absolute atomic E-state index is 12.6. The summed E-state index contributed by atoms with van der Waals surface area (Å²) in [7, 11) is 0. The summed E-state index contributed by atoms with van der Waals surface area (Å²) in [6.45, 7) is 13.3. The van der Waals surface area contributed by atoms with Gasteiger partial charge in [-0.1, -0.05) is 20.8 Å². The molecule has 158 valence electrons. The second-order valence-electron chi connectivity index (χ2n) is 8.56. The maximum atomic E-state index is 12.6. The average Bonchev–Trinajstić information content (AvgIpc) is 2.83. The van der Waals surface area contributed by atoms with E-state index in [-0.39, 0.29) is 17.6 Å². The average molecular weight is 393 g/mol. The largest absolute Gasteiger partial charge is 0.352 e. The fraction of sp³-hybridized carbons (Fsp3) is 0.850. The number of hydrogen-bond acceptors (Lipinski definition) is 5. The van der Waals surface area contributed by atoms with Crippen LogP contribution in [0.1, 0.15) is 45.9 Å². The molecule has 0 aromatic carbocycles. The first-order chi connectivity index (χ1) is 13.5. The highest BCUT2D eigenvalue weighted by Crippen LogP contribution is 2.12. The molecular weight excluding hydrogens is 356 g/mol. The first-order valence-electron chi connectivity index (χ1n) is 10.9. The Morgan fingerprint density at radius 3 is 2.54 bits per heavy atom. The van der Waals surface area contributed by atoms with Crippen LogP contribution in [-0.4, -0.2) is 75.4 Å². The summed E-state index contributed by atoms with van der Waals surface area (Å²) in [5.74, 6) is 1.52. The quantitative estimate of drug-likeness (QED) is 0.733. The second-order valence-corrected chi connectivity index (χ2v) is 8.56. The lowest BCUT2D eigenvalue weighted by molar-refractivity contribution is -0.123. The molecule has 1 unspecified atom stereocenters. The summed E-state index contributed by atoms with van der Waals surface area (Å²) >= 11 is 0. The van der Waals surface area contributed by atoms with E-state index in [1.165, 1.54) is 0 Å². The van der Waals surface area contributed by atoms with E-state index in [0.29, 0.717) is 25.6 Å². The van der Waals surface area contributed by atoms with Crippen LogP contribution < -0.4 is 11.0 Å². The van der Waals surface area contributed by atoms with Crippen molar-refractivity contribution in [2.45, 2.75) is 65.6 Å². The Morgan fingerprint density at radius 1 is 1.14 bits per heavy atom. The molecule has 0 radical (unpaired) electrons. The minimum absolute atomic E-state index is 0.00331. The van der Waals surface area contributed by atoms with Crippen molar-refractivity contribution in [1.82, 2.24) is 29.5 Å². The number of nitrogens with one attached hydrogen (secondary N) is 1. The molecule has 1 aromatic rings. The van der Waals surface area contributed by atoms with E-state index in [9.17, 15) is 9.59 Å². The van der Waals surface area contributed by atoms with Gasteiger partial charge in [0.1, 0.15) is 5.82 Å². The predicted octanol–water partition coefficient (Wildman–Crippen LogP) is 0.550. The molecule has 3 heterocycles. The van der Waals surface area contributed by atoms with Crippen LogP contribution >= 0.6 is 0 Å². The standard InChI is InChI=1S/C20H36N6O2/c1-4-23-11-13-24(14-12-23)15-19(27)21-17-5-6-18-22-26(10-7-16(2)3)20(28)25(18)9-8-17/h16-17H,4-15H2,1-3H3,(H,21,27). The van der Waals surface area contributed by atoms with Crippen molar-refractivity contribution >= 4 is 5.91 Å². The molecule has 1 atom stereocenters. The van der Waals surface area contributed by atoms with Crippen molar-refractivity contribution in [1.29, 1.82) is 0 Å². The molecule has 1 N–H and O–H groups in total. The van der Waals surface area contributed by atoms with Gasteiger partial charge in [-0.3, -0.25) is 14.3 Å². The van der Waals surface area contributed by atoms with Crippen LogP contribution in [0.4, 0.5) is 0 Å². The number of aryl methyl sites for hydroxylation is 2. The fourth-order valence-corrected chi connectivity index (χ4v) is 4.04. The van der Waals surface area contributed by atoms with Crippen LogP contribution in [0.25, 0.3) is 0 Å². The number of aromatic nitrogens is 3. The number of hydrogen-bond donors (Lipinski definition) is 1. The minimum Gasteiger partial charge on any atom is -0.352 e. The molecule has 1 fully saturated rings. The molecule has 28 heavy (non-hydrogen) atoms. The predicted molar refractivity (Wildman–Crippen MR) is 109 cm³/mol. The lowest BCUT2D eigenvalue weighted by Gasteiger charge is -2.33. The highest BCUT2D eigenvalue weighted by Gasteiger charge is 2.23. The van der Waals surface area contributed by atoms with Crippen LogP contribution in [0.5, 0.6) is 0 Å². The Labute approximate surface area is 167 Å². The Bertz CT molecular complexity index is 702. The van der Waals surface area contributed by atoms with E-state index >= 15 is 0 Å². The van der Waals surface area contributed by atoms with E-state index in [4.69, 9.17) is 0 Å². The summed E-state index contributed by atoms with van der Waals surface area (Å²) in [4.78, 5) is 29.7. The Balaban J connectivity index is 1.47. The topological polar surface area (TPSA) is 75.4 Å². The zero-order chi connectivity index (χ0) is 20.1. The van der Waals surface area contributed by atoms with Gasteiger partial charge in [-0.15, -0.1) is 0 Å². The monoisotopic (exact) mass is 392 g/mol. The van der Waals surface area contributed by atoms with Gasteiger partial charge < -0.3 is 10.2 Å². The lowest BCUT2D eigenvalue weighted by Crippen LogP contribution is -2.50. The van der Waals surface area contributed by atoms with Gasteiger partial charge in [-0.05, 0) is 31.7 Å². The van der Waals surface area contributed by atoms with Gasteiger partial charge in [0.15, 0.2) is 0 Å². The number of amides is 1. The number of carbonyl (C=O) groups excluding carboxylic acids is 1. The molecule has 1 amide bonds. The van der Waals surface area contributed by atoms with Gasteiger partial charge in [-0.25, -0.2) is 9.48 Å². The summed E-state index contributed by atoms with van der Waals surface area (Å²) in [5.41, 5.74) is -0.00331. The van der Waals surface area contributed by atoms with Crippen LogP contribution in [0.3, 0.4) is 0 Å². The Hall–Kier alpha value is -1.67. The Kier molecular flexibility index (Phi) is 7.29. The fourth-order valence-electron chi connectivity index (χ4n) is 4.04. The third-order valence-corrected chi connectivity index (χ3v) is 5.98. The van der Waals surface area contributed by atoms with Gasteiger partial charge in [0.2, 0.25) is 5.91 Å². The lowest BCUT2D eigenvalue weighted by atomic mass is 10.1. The molecule has 8 heteroatoms. The molecule has 0 aliphatic carbocycles. The normalized spacial score (nSPS) is 21.5. The van der Waals surface area contributed by atoms with E-state index in [1.807, 2.05) is 0 Å².